The van der Waals surface area contributed by atoms with Crippen LogP contribution in [0.5, 0.6) is 5.75 Å². The number of piperidine rings is 1. The fraction of sp³-hybridized carbons (Fsp3) is 0.350. The Kier molecular flexibility index (Phi) is 6.85. The zero-order chi connectivity index (χ0) is 22.6. The topological polar surface area (TPSA) is 75.7 Å². The molecule has 0 atom stereocenters. The number of sulfonamides is 1. The largest absolute Gasteiger partial charge is 0.573 e. The molecule has 0 bridgehead atoms. The van der Waals surface area contributed by atoms with Crippen LogP contribution >= 0.6 is 0 Å². The van der Waals surface area contributed by atoms with Crippen molar-refractivity contribution in [1.82, 2.24) is 4.31 Å². The molecule has 0 aromatic heterocycles. The summed E-state index contributed by atoms with van der Waals surface area (Å²) < 4.78 is 79.8. The molecule has 0 aliphatic carbocycles. The lowest BCUT2D eigenvalue weighted by molar-refractivity contribution is -0.274. The van der Waals surface area contributed by atoms with Crippen LogP contribution < -0.4 is 10.1 Å². The van der Waals surface area contributed by atoms with Crippen molar-refractivity contribution in [3.63, 3.8) is 0 Å². The summed E-state index contributed by atoms with van der Waals surface area (Å²) in [5.74, 6) is -1.86. The number of amides is 1. The Bertz CT molecular complexity index is 1000. The fourth-order valence-electron chi connectivity index (χ4n) is 3.26. The van der Waals surface area contributed by atoms with Gasteiger partial charge >= 0.3 is 6.36 Å². The number of carbonyl (C=O) groups excluding carboxylic acids is 1. The third-order valence-electron chi connectivity index (χ3n) is 4.84. The highest BCUT2D eigenvalue weighted by molar-refractivity contribution is 7.88. The lowest BCUT2D eigenvalue weighted by atomic mass is 9.97. The monoisotopic (exact) mass is 460 g/mol. The molecule has 1 aliphatic rings. The molecule has 11 heteroatoms. The fourth-order valence-corrected chi connectivity index (χ4v) is 4.83. The number of nitrogens with one attached hydrogen (secondary N) is 1. The van der Waals surface area contributed by atoms with Gasteiger partial charge in [0, 0.05) is 24.7 Å². The number of nitrogens with zero attached hydrogens (tertiary/aromatic N) is 1. The third kappa shape index (κ3) is 6.66. The quantitative estimate of drug-likeness (QED) is 0.664. The Morgan fingerprint density at radius 1 is 1.03 bits per heavy atom. The molecule has 31 heavy (non-hydrogen) atoms. The van der Waals surface area contributed by atoms with Crippen LogP contribution in [0.3, 0.4) is 0 Å². The Morgan fingerprint density at radius 3 is 2.16 bits per heavy atom. The number of ether oxygens (including phenoxy) is 1. The van der Waals surface area contributed by atoms with Gasteiger partial charge in [0.15, 0.2) is 0 Å². The number of benzene rings is 2. The molecule has 6 nitrogen and oxygen atoms in total. The standard InChI is InChI=1S/C20H20F4N2O4S/c21-16-3-1-14(2-4-16)13-31(28,29)26-11-9-15(10-12-26)19(27)25-17-5-7-18(8-6-17)30-20(22,23)24/h1-8,15H,9-13H2,(H,25,27). The molecule has 1 saturated heterocycles. The number of rotatable bonds is 6. The van der Waals surface area contributed by atoms with E-state index in [2.05, 4.69) is 10.1 Å². The summed E-state index contributed by atoms with van der Waals surface area (Å²) in [4.78, 5) is 12.4. The van der Waals surface area contributed by atoms with E-state index in [-0.39, 0.29) is 24.7 Å². The van der Waals surface area contributed by atoms with Crippen molar-refractivity contribution < 1.29 is 35.5 Å². The molecule has 2 aromatic carbocycles. The van der Waals surface area contributed by atoms with E-state index in [1.807, 2.05) is 0 Å². The maximum Gasteiger partial charge on any atom is 0.573 e. The summed E-state index contributed by atoms with van der Waals surface area (Å²) >= 11 is 0. The minimum Gasteiger partial charge on any atom is -0.406 e. The summed E-state index contributed by atoms with van der Waals surface area (Å²) in [7, 11) is -3.60. The Hall–Kier alpha value is -2.66. The van der Waals surface area contributed by atoms with Crippen molar-refractivity contribution in [3.8, 4) is 5.75 Å². The van der Waals surface area contributed by atoms with E-state index in [0.717, 1.165) is 12.1 Å². The average molecular weight is 460 g/mol. The number of hydrogen-bond acceptors (Lipinski definition) is 4. The maximum atomic E-state index is 13.0. The summed E-state index contributed by atoms with van der Waals surface area (Å²) in [6.07, 6.45) is -4.18. The Labute approximate surface area is 176 Å². The zero-order valence-electron chi connectivity index (χ0n) is 16.2. The van der Waals surface area contributed by atoms with E-state index in [0.29, 0.717) is 24.1 Å². The molecule has 0 unspecified atom stereocenters. The van der Waals surface area contributed by atoms with Crippen LogP contribution in [0, 0.1) is 11.7 Å². The Balaban J connectivity index is 1.51. The molecule has 1 N–H and O–H groups in total. The summed E-state index contributed by atoms with van der Waals surface area (Å²) in [6.45, 7) is 0.333. The van der Waals surface area contributed by atoms with Gasteiger partial charge in [-0.1, -0.05) is 12.1 Å². The number of hydrogen-bond donors (Lipinski definition) is 1. The van der Waals surface area contributed by atoms with Crippen molar-refractivity contribution in [3.05, 3.63) is 59.9 Å². The molecule has 2 aromatic rings. The first kappa shape index (κ1) is 23.0. The smallest absolute Gasteiger partial charge is 0.406 e. The second-order valence-electron chi connectivity index (χ2n) is 7.12. The van der Waals surface area contributed by atoms with Crippen molar-refractivity contribution in [1.29, 1.82) is 0 Å². The molecular weight excluding hydrogens is 440 g/mol. The number of carbonyl (C=O) groups is 1. The highest BCUT2D eigenvalue weighted by Crippen LogP contribution is 2.26. The minimum absolute atomic E-state index is 0.167. The van der Waals surface area contributed by atoms with Gasteiger partial charge in [0.25, 0.3) is 0 Å². The molecule has 1 amide bonds. The van der Waals surface area contributed by atoms with E-state index in [4.69, 9.17) is 0 Å². The van der Waals surface area contributed by atoms with Crippen LogP contribution in [0.15, 0.2) is 48.5 Å². The van der Waals surface area contributed by atoms with E-state index in [1.165, 1.54) is 40.7 Å². The van der Waals surface area contributed by atoms with Crippen molar-refractivity contribution in [2.45, 2.75) is 25.0 Å². The molecule has 168 valence electrons. The van der Waals surface area contributed by atoms with Crippen LogP contribution in [-0.4, -0.2) is 38.1 Å². The van der Waals surface area contributed by atoms with Crippen LogP contribution in [0.2, 0.25) is 0 Å². The van der Waals surface area contributed by atoms with Gasteiger partial charge in [-0.25, -0.2) is 17.1 Å². The first-order valence-electron chi connectivity index (χ1n) is 9.41. The van der Waals surface area contributed by atoms with Crippen LogP contribution in [-0.2, 0) is 20.6 Å². The van der Waals surface area contributed by atoms with Gasteiger partial charge in [0.05, 0.1) is 5.75 Å². The second-order valence-corrected chi connectivity index (χ2v) is 9.09. The average Bonchev–Trinajstić information content (AvgIpc) is 2.70. The van der Waals surface area contributed by atoms with Crippen molar-refractivity contribution in [2.24, 2.45) is 5.92 Å². The van der Waals surface area contributed by atoms with Gasteiger partial charge in [-0.2, -0.15) is 0 Å². The van der Waals surface area contributed by atoms with Gasteiger partial charge < -0.3 is 10.1 Å². The normalized spacial score (nSPS) is 16.1. The van der Waals surface area contributed by atoms with Crippen LogP contribution in [0.1, 0.15) is 18.4 Å². The number of anilines is 1. The highest BCUT2D eigenvalue weighted by Gasteiger charge is 2.32. The van der Waals surface area contributed by atoms with Gasteiger partial charge in [-0.05, 0) is 54.8 Å². The first-order valence-corrected chi connectivity index (χ1v) is 11.0. The predicted octanol–water partition coefficient (Wildman–Crippen LogP) is 3.90. The number of halogens is 4. The van der Waals surface area contributed by atoms with Crippen molar-refractivity contribution >= 4 is 21.6 Å². The molecule has 0 radical (unpaired) electrons. The molecule has 0 saturated carbocycles. The zero-order valence-corrected chi connectivity index (χ0v) is 17.0. The van der Waals surface area contributed by atoms with E-state index >= 15 is 0 Å². The van der Waals surface area contributed by atoms with Gasteiger partial charge in [0.2, 0.25) is 15.9 Å². The molecular formula is C20H20F4N2O4S. The molecule has 1 aliphatic heterocycles. The van der Waals surface area contributed by atoms with Gasteiger partial charge in [-0.3, -0.25) is 4.79 Å². The van der Waals surface area contributed by atoms with Crippen LogP contribution in [0.25, 0.3) is 0 Å². The summed E-state index contributed by atoms with van der Waals surface area (Å²) in [5.41, 5.74) is 0.783. The summed E-state index contributed by atoms with van der Waals surface area (Å²) in [5, 5.41) is 2.62. The number of alkyl halides is 3. The second kappa shape index (κ2) is 9.23. The highest BCUT2D eigenvalue weighted by atomic mass is 32.2. The molecule has 1 heterocycles. The van der Waals surface area contributed by atoms with E-state index < -0.39 is 33.9 Å². The maximum absolute atomic E-state index is 13.0. The van der Waals surface area contributed by atoms with E-state index in [9.17, 15) is 30.8 Å². The van der Waals surface area contributed by atoms with Gasteiger partial charge in [-0.15, -0.1) is 13.2 Å². The SMILES string of the molecule is O=C(Nc1ccc(OC(F)(F)F)cc1)C1CCN(S(=O)(=O)Cc2ccc(F)cc2)CC1. The van der Waals surface area contributed by atoms with E-state index in [1.54, 1.807) is 0 Å². The predicted molar refractivity (Wildman–Crippen MR) is 105 cm³/mol. The summed E-state index contributed by atoms with van der Waals surface area (Å²) in [6, 6.07) is 9.99. The molecule has 0 spiro atoms. The minimum atomic E-state index is -4.80. The molecule has 3 rings (SSSR count). The lowest BCUT2D eigenvalue weighted by Gasteiger charge is -2.30. The lowest BCUT2D eigenvalue weighted by Crippen LogP contribution is -2.41. The third-order valence-corrected chi connectivity index (χ3v) is 6.69. The van der Waals surface area contributed by atoms with Gasteiger partial charge in [0.1, 0.15) is 11.6 Å². The first-order chi connectivity index (χ1) is 14.5. The molecule has 1 fully saturated rings. The van der Waals surface area contributed by atoms with Crippen LogP contribution in [0.4, 0.5) is 23.2 Å². The van der Waals surface area contributed by atoms with Crippen molar-refractivity contribution in [2.75, 3.05) is 18.4 Å². The Morgan fingerprint density at radius 2 is 1.61 bits per heavy atom.